The van der Waals surface area contributed by atoms with E-state index in [1.165, 1.54) is 0 Å². The number of para-hydroxylation sites is 1. The van der Waals surface area contributed by atoms with Gasteiger partial charge in [0.2, 0.25) is 5.95 Å². The number of nitrogens with zero attached hydrogens (tertiary/aromatic N) is 5. The molecule has 0 aliphatic heterocycles. The van der Waals surface area contributed by atoms with E-state index in [0.29, 0.717) is 24.1 Å². The summed E-state index contributed by atoms with van der Waals surface area (Å²) in [6.45, 7) is 0.478. The molecule has 0 unspecified atom stereocenters. The fraction of sp³-hybridized carbons (Fsp3) is 0.167. The van der Waals surface area contributed by atoms with E-state index in [1.54, 1.807) is 11.0 Å². The molecular formula is C12H14N8. The van der Waals surface area contributed by atoms with E-state index in [9.17, 15) is 0 Å². The summed E-state index contributed by atoms with van der Waals surface area (Å²) in [5.41, 5.74) is 3.28. The van der Waals surface area contributed by atoms with Crippen molar-refractivity contribution in [2.24, 2.45) is 12.9 Å². The number of benzene rings is 1. The Balaban J connectivity index is 1.93. The van der Waals surface area contributed by atoms with Gasteiger partial charge in [-0.3, -0.25) is 10.1 Å². The number of fused-ring (bicyclic) bond motifs is 1. The van der Waals surface area contributed by atoms with Crippen LogP contribution in [0.1, 0.15) is 5.82 Å². The Bertz CT molecular complexity index is 735. The summed E-state index contributed by atoms with van der Waals surface area (Å²) in [4.78, 5) is 12.8. The quantitative estimate of drug-likeness (QED) is 0.472. The molecule has 1 aromatic carbocycles. The van der Waals surface area contributed by atoms with Crippen molar-refractivity contribution < 1.29 is 0 Å². The molecule has 0 amide bonds. The van der Waals surface area contributed by atoms with Crippen LogP contribution in [0.2, 0.25) is 0 Å². The molecule has 0 atom stereocenters. The summed E-state index contributed by atoms with van der Waals surface area (Å²) in [5, 5.41) is 8.33. The van der Waals surface area contributed by atoms with E-state index in [4.69, 9.17) is 5.84 Å². The van der Waals surface area contributed by atoms with Gasteiger partial charge in [0.25, 0.3) is 0 Å². The molecule has 2 heterocycles. The summed E-state index contributed by atoms with van der Waals surface area (Å²) in [6.07, 6.45) is 1.65. The largest absolute Gasteiger partial charge is 0.362 e. The molecule has 8 heteroatoms. The van der Waals surface area contributed by atoms with E-state index in [0.717, 1.165) is 10.9 Å². The molecule has 8 nitrogen and oxygen atoms in total. The van der Waals surface area contributed by atoms with E-state index in [-0.39, 0.29) is 0 Å². The highest BCUT2D eigenvalue weighted by Gasteiger charge is 2.07. The number of anilines is 2. The predicted molar refractivity (Wildman–Crippen MR) is 75.7 cm³/mol. The van der Waals surface area contributed by atoms with Crippen molar-refractivity contribution in [2.45, 2.75) is 6.54 Å². The molecule has 3 rings (SSSR count). The van der Waals surface area contributed by atoms with Crippen LogP contribution in [-0.2, 0) is 13.6 Å². The fourth-order valence-corrected chi connectivity index (χ4v) is 1.90. The molecule has 0 saturated heterocycles. The van der Waals surface area contributed by atoms with Gasteiger partial charge in [0.05, 0.1) is 12.1 Å². The van der Waals surface area contributed by atoms with Crippen molar-refractivity contribution in [3.63, 3.8) is 0 Å². The SMILES string of the molecule is Cn1cnc(CNc2nc(NN)nc3ccccc23)n1. The second kappa shape index (κ2) is 5.10. The molecule has 0 spiro atoms. The minimum absolute atomic E-state index is 0.361. The first-order valence-electron chi connectivity index (χ1n) is 6.08. The molecule has 0 radical (unpaired) electrons. The highest BCUT2D eigenvalue weighted by Crippen LogP contribution is 2.21. The Hall–Kier alpha value is -2.74. The lowest BCUT2D eigenvalue weighted by Gasteiger charge is -2.09. The Morgan fingerprint density at radius 3 is 2.85 bits per heavy atom. The lowest BCUT2D eigenvalue weighted by atomic mass is 10.2. The zero-order valence-corrected chi connectivity index (χ0v) is 10.9. The molecule has 20 heavy (non-hydrogen) atoms. The average Bonchev–Trinajstić information content (AvgIpc) is 2.90. The van der Waals surface area contributed by atoms with Crippen molar-refractivity contribution in [3.05, 3.63) is 36.4 Å². The highest BCUT2D eigenvalue weighted by atomic mass is 15.3. The molecular weight excluding hydrogens is 256 g/mol. The van der Waals surface area contributed by atoms with Gasteiger partial charge in [0.15, 0.2) is 5.82 Å². The first kappa shape index (κ1) is 12.3. The van der Waals surface area contributed by atoms with Crippen molar-refractivity contribution >= 4 is 22.7 Å². The van der Waals surface area contributed by atoms with Crippen molar-refractivity contribution in [3.8, 4) is 0 Å². The van der Waals surface area contributed by atoms with Crippen molar-refractivity contribution in [1.29, 1.82) is 0 Å². The van der Waals surface area contributed by atoms with E-state index >= 15 is 0 Å². The Kier molecular flexibility index (Phi) is 3.13. The number of hydrogen-bond acceptors (Lipinski definition) is 7. The van der Waals surface area contributed by atoms with Crippen LogP contribution in [-0.4, -0.2) is 24.7 Å². The monoisotopic (exact) mass is 270 g/mol. The van der Waals surface area contributed by atoms with Crippen molar-refractivity contribution in [1.82, 2.24) is 24.7 Å². The van der Waals surface area contributed by atoms with Gasteiger partial charge >= 0.3 is 0 Å². The van der Waals surface area contributed by atoms with Crippen molar-refractivity contribution in [2.75, 3.05) is 10.7 Å². The molecule has 0 aliphatic carbocycles. The van der Waals surface area contributed by atoms with Gasteiger partial charge in [-0.15, -0.1) is 0 Å². The lowest BCUT2D eigenvalue weighted by molar-refractivity contribution is 0.747. The number of hydrogen-bond donors (Lipinski definition) is 3. The van der Waals surface area contributed by atoms with Gasteiger partial charge in [0.1, 0.15) is 12.1 Å². The zero-order valence-electron chi connectivity index (χ0n) is 10.9. The third kappa shape index (κ3) is 2.36. The van der Waals surface area contributed by atoms with Crippen LogP contribution >= 0.6 is 0 Å². The molecule has 0 bridgehead atoms. The summed E-state index contributed by atoms with van der Waals surface area (Å²) in [7, 11) is 1.83. The molecule has 0 aliphatic rings. The second-order valence-corrected chi connectivity index (χ2v) is 4.25. The van der Waals surface area contributed by atoms with Crippen LogP contribution in [0.3, 0.4) is 0 Å². The van der Waals surface area contributed by atoms with Gasteiger partial charge in [-0.2, -0.15) is 10.1 Å². The standard InChI is InChI=1S/C12H14N8/c1-20-7-15-10(19-20)6-14-11-8-4-2-3-5-9(8)16-12(17-11)18-13/h2-5,7H,6,13H2,1H3,(H2,14,16,17,18). The van der Waals surface area contributed by atoms with Gasteiger partial charge < -0.3 is 5.32 Å². The minimum atomic E-state index is 0.361. The average molecular weight is 270 g/mol. The topological polar surface area (TPSA) is 107 Å². The first-order valence-corrected chi connectivity index (χ1v) is 6.08. The summed E-state index contributed by atoms with van der Waals surface area (Å²) in [6, 6.07) is 7.71. The Labute approximate surface area is 115 Å². The number of aromatic nitrogens is 5. The zero-order chi connectivity index (χ0) is 13.9. The van der Waals surface area contributed by atoms with Crippen LogP contribution in [0.15, 0.2) is 30.6 Å². The van der Waals surface area contributed by atoms with Crippen LogP contribution in [0.4, 0.5) is 11.8 Å². The third-order valence-corrected chi connectivity index (χ3v) is 2.79. The van der Waals surface area contributed by atoms with Crippen LogP contribution in [0.5, 0.6) is 0 Å². The maximum atomic E-state index is 5.39. The molecule has 3 aromatic rings. The number of nitrogens with two attached hydrogens (primary N) is 1. The Morgan fingerprint density at radius 2 is 2.10 bits per heavy atom. The second-order valence-electron chi connectivity index (χ2n) is 4.25. The lowest BCUT2D eigenvalue weighted by Crippen LogP contribution is -2.12. The van der Waals surface area contributed by atoms with Crippen LogP contribution in [0.25, 0.3) is 10.9 Å². The first-order chi connectivity index (χ1) is 9.76. The molecule has 0 saturated carbocycles. The maximum absolute atomic E-state index is 5.39. The number of nitrogen functional groups attached to an aromatic ring is 1. The smallest absolute Gasteiger partial charge is 0.239 e. The number of nitrogens with one attached hydrogen (secondary N) is 2. The maximum Gasteiger partial charge on any atom is 0.239 e. The highest BCUT2D eigenvalue weighted by molar-refractivity contribution is 5.89. The normalized spacial score (nSPS) is 10.7. The minimum Gasteiger partial charge on any atom is -0.362 e. The number of aryl methyl sites for hydroxylation is 1. The number of rotatable bonds is 4. The van der Waals surface area contributed by atoms with Crippen LogP contribution in [0, 0.1) is 0 Å². The summed E-state index contributed by atoms with van der Waals surface area (Å²) in [5.74, 6) is 7.13. The fourth-order valence-electron chi connectivity index (χ4n) is 1.90. The third-order valence-electron chi connectivity index (χ3n) is 2.79. The van der Waals surface area contributed by atoms with E-state index in [2.05, 4.69) is 30.8 Å². The predicted octanol–water partition coefficient (Wildman–Crippen LogP) is 0.656. The summed E-state index contributed by atoms with van der Waals surface area (Å²) < 4.78 is 1.65. The summed E-state index contributed by atoms with van der Waals surface area (Å²) >= 11 is 0. The molecule has 0 fully saturated rings. The van der Waals surface area contributed by atoms with Crippen LogP contribution < -0.4 is 16.6 Å². The van der Waals surface area contributed by atoms with Gasteiger partial charge in [-0.1, -0.05) is 12.1 Å². The van der Waals surface area contributed by atoms with Gasteiger partial charge in [-0.25, -0.2) is 15.8 Å². The Morgan fingerprint density at radius 1 is 1.25 bits per heavy atom. The van der Waals surface area contributed by atoms with E-state index in [1.807, 2.05) is 31.3 Å². The van der Waals surface area contributed by atoms with E-state index < -0.39 is 0 Å². The van der Waals surface area contributed by atoms with Gasteiger partial charge in [0, 0.05) is 12.4 Å². The number of hydrazine groups is 1. The molecule has 102 valence electrons. The molecule has 2 aromatic heterocycles. The van der Waals surface area contributed by atoms with Gasteiger partial charge in [-0.05, 0) is 12.1 Å². The molecule has 4 N–H and O–H groups in total.